The van der Waals surface area contributed by atoms with Gasteiger partial charge in [0.25, 0.3) is 5.91 Å². The molecule has 0 aliphatic heterocycles. The van der Waals surface area contributed by atoms with Gasteiger partial charge in [0.2, 0.25) is 0 Å². The third kappa shape index (κ3) is 3.82. The van der Waals surface area contributed by atoms with E-state index < -0.39 is 5.54 Å². The van der Waals surface area contributed by atoms with E-state index in [4.69, 9.17) is 11.0 Å². The molecule has 0 spiro atoms. The minimum absolute atomic E-state index is 0.220. The smallest absolute Gasteiger partial charge is 0.271 e. The fourth-order valence-corrected chi connectivity index (χ4v) is 2.34. The molecule has 0 fully saturated rings. The molecule has 0 aliphatic rings. The van der Waals surface area contributed by atoms with E-state index >= 15 is 0 Å². The minimum atomic E-state index is -0.504. The van der Waals surface area contributed by atoms with E-state index in [9.17, 15) is 4.79 Å². The lowest BCUT2D eigenvalue weighted by atomic mass is 10.1. The monoisotopic (exact) mass is 334 g/mol. The molecule has 0 saturated carbocycles. The number of aromatic nitrogens is 3. The number of H-pyrrole nitrogens is 1. The van der Waals surface area contributed by atoms with Crippen molar-refractivity contribution in [1.29, 1.82) is 5.26 Å². The maximum atomic E-state index is 12.2. The topological polar surface area (TPSA) is 120 Å². The second-order valence-corrected chi connectivity index (χ2v) is 6.56. The van der Waals surface area contributed by atoms with Gasteiger partial charge in [0.1, 0.15) is 11.4 Å². The van der Waals surface area contributed by atoms with Crippen LogP contribution in [0.3, 0.4) is 0 Å². The van der Waals surface area contributed by atoms with Crippen LogP contribution in [0.2, 0.25) is 0 Å². The van der Waals surface area contributed by atoms with Crippen molar-refractivity contribution < 1.29 is 4.79 Å². The molecule has 7 nitrogen and oxygen atoms in total. The molecular weight excluding hydrogens is 316 g/mol. The summed E-state index contributed by atoms with van der Waals surface area (Å²) in [6.07, 6.45) is 3.00. The van der Waals surface area contributed by atoms with Gasteiger partial charge in [0.15, 0.2) is 0 Å². The number of hydrogen-bond acceptors (Lipinski definition) is 5. The highest BCUT2D eigenvalue weighted by molar-refractivity contribution is 5.93. The molecular formula is C18H18N6O. The molecule has 0 radical (unpaired) electrons. The molecule has 3 rings (SSSR count). The Hall–Kier alpha value is -3.24. The Morgan fingerprint density at radius 1 is 1.36 bits per heavy atom. The number of nitriles is 1. The largest absolute Gasteiger partial charge is 0.353 e. The molecule has 126 valence electrons. The maximum Gasteiger partial charge on any atom is 0.271 e. The lowest BCUT2D eigenvalue weighted by molar-refractivity contribution is 0.0940. The van der Waals surface area contributed by atoms with Crippen molar-refractivity contribution in [2.75, 3.05) is 6.54 Å². The van der Waals surface area contributed by atoms with Gasteiger partial charge < -0.3 is 16.0 Å². The van der Waals surface area contributed by atoms with Gasteiger partial charge in [0, 0.05) is 23.0 Å². The molecule has 0 unspecified atom stereocenters. The standard InChI is InChI=1S/C18H18N6O/c1-18(2,20)10-22-17(25)16-9-21-8-15(24-16)14-6-12-5-11(7-19)3-4-13(12)23-14/h3-6,8-9,23H,10,20H2,1-2H3,(H,22,25). The number of rotatable bonds is 4. The van der Waals surface area contributed by atoms with Crippen molar-refractivity contribution in [2.45, 2.75) is 19.4 Å². The minimum Gasteiger partial charge on any atom is -0.353 e. The van der Waals surface area contributed by atoms with Gasteiger partial charge in [-0.2, -0.15) is 5.26 Å². The fraction of sp³-hybridized carbons (Fsp3) is 0.222. The summed E-state index contributed by atoms with van der Waals surface area (Å²) < 4.78 is 0. The van der Waals surface area contributed by atoms with Crippen LogP contribution in [-0.2, 0) is 0 Å². The summed E-state index contributed by atoms with van der Waals surface area (Å²) in [4.78, 5) is 23.9. The van der Waals surface area contributed by atoms with Crippen molar-refractivity contribution in [3.63, 3.8) is 0 Å². The van der Waals surface area contributed by atoms with Crippen LogP contribution in [0.25, 0.3) is 22.3 Å². The first-order valence-corrected chi connectivity index (χ1v) is 7.78. The van der Waals surface area contributed by atoms with Crippen molar-refractivity contribution in [2.24, 2.45) is 5.73 Å². The van der Waals surface area contributed by atoms with Crippen LogP contribution in [0.15, 0.2) is 36.7 Å². The average molecular weight is 334 g/mol. The molecule has 1 aromatic carbocycles. The molecule has 0 aliphatic carbocycles. The van der Waals surface area contributed by atoms with Crippen LogP contribution < -0.4 is 11.1 Å². The zero-order chi connectivity index (χ0) is 18.0. The Morgan fingerprint density at radius 3 is 2.88 bits per heavy atom. The van der Waals surface area contributed by atoms with Crippen molar-refractivity contribution in [3.8, 4) is 17.5 Å². The van der Waals surface area contributed by atoms with Crippen LogP contribution in [-0.4, -0.2) is 32.9 Å². The van der Waals surface area contributed by atoms with E-state index in [-0.39, 0.29) is 11.6 Å². The Kier molecular flexibility index (Phi) is 4.21. The highest BCUT2D eigenvalue weighted by Crippen LogP contribution is 2.23. The Balaban J connectivity index is 1.89. The summed E-state index contributed by atoms with van der Waals surface area (Å²) >= 11 is 0. The van der Waals surface area contributed by atoms with E-state index in [1.165, 1.54) is 6.20 Å². The lowest BCUT2D eigenvalue weighted by Gasteiger charge is -2.18. The van der Waals surface area contributed by atoms with Crippen molar-refractivity contribution in [1.82, 2.24) is 20.3 Å². The zero-order valence-corrected chi connectivity index (χ0v) is 14.0. The SMILES string of the molecule is CC(C)(N)CNC(=O)c1cncc(-c2cc3cc(C#N)ccc3[nH]2)n1. The number of benzene rings is 1. The van der Waals surface area contributed by atoms with Gasteiger partial charge in [-0.25, -0.2) is 4.98 Å². The van der Waals surface area contributed by atoms with Gasteiger partial charge in [-0.1, -0.05) is 0 Å². The molecule has 4 N–H and O–H groups in total. The molecule has 0 bridgehead atoms. The first kappa shape index (κ1) is 16.6. The predicted octanol–water partition coefficient (Wildman–Crippen LogP) is 1.96. The number of nitrogens with zero attached hydrogens (tertiary/aromatic N) is 3. The summed E-state index contributed by atoms with van der Waals surface area (Å²) in [6.45, 7) is 3.99. The second-order valence-electron chi connectivity index (χ2n) is 6.56. The van der Waals surface area contributed by atoms with Crippen LogP contribution in [0.5, 0.6) is 0 Å². The maximum absolute atomic E-state index is 12.2. The summed E-state index contributed by atoms with van der Waals surface area (Å²) in [6, 6.07) is 9.37. The highest BCUT2D eigenvalue weighted by Gasteiger charge is 2.15. The number of carbonyl (C=O) groups is 1. The fourth-order valence-electron chi connectivity index (χ4n) is 2.34. The van der Waals surface area contributed by atoms with E-state index in [0.29, 0.717) is 17.8 Å². The summed E-state index contributed by atoms with van der Waals surface area (Å²) in [5.74, 6) is -0.323. The Bertz CT molecular complexity index is 977. The molecule has 2 heterocycles. The number of nitrogens with one attached hydrogen (secondary N) is 2. The first-order chi connectivity index (χ1) is 11.9. The van der Waals surface area contributed by atoms with Crippen LogP contribution in [0.1, 0.15) is 29.9 Å². The average Bonchev–Trinajstić information content (AvgIpc) is 3.02. The number of fused-ring (bicyclic) bond motifs is 1. The first-order valence-electron chi connectivity index (χ1n) is 7.78. The molecule has 0 saturated heterocycles. The highest BCUT2D eigenvalue weighted by atomic mass is 16.1. The van der Waals surface area contributed by atoms with Crippen LogP contribution in [0, 0.1) is 11.3 Å². The molecule has 3 aromatic rings. The third-order valence-corrected chi connectivity index (χ3v) is 3.60. The molecule has 0 atom stereocenters. The second kappa shape index (κ2) is 6.34. The number of hydrogen-bond donors (Lipinski definition) is 3. The number of carbonyl (C=O) groups excluding carboxylic acids is 1. The Labute approximate surface area is 144 Å². The lowest BCUT2D eigenvalue weighted by Crippen LogP contribution is -2.45. The molecule has 2 aromatic heterocycles. The van der Waals surface area contributed by atoms with Gasteiger partial charge in [0.05, 0.1) is 29.7 Å². The quantitative estimate of drug-likeness (QED) is 0.673. The van der Waals surface area contributed by atoms with E-state index in [1.54, 1.807) is 18.3 Å². The molecule has 25 heavy (non-hydrogen) atoms. The number of aromatic amines is 1. The van der Waals surface area contributed by atoms with Gasteiger partial charge in [-0.3, -0.25) is 9.78 Å². The molecule has 1 amide bonds. The van der Waals surface area contributed by atoms with Gasteiger partial charge in [-0.15, -0.1) is 0 Å². The summed E-state index contributed by atoms with van der Waals surface area (Å²) in [7, 11) is 0. The van der Waals surface area contributed by atoms with E-state index in [1.807, 2.05) is 26.0 Å². The normalized spacial score (nSPS) is 11.3. The Morgan fingerprint density at radius 2 is 2.16 bits per heavy atom. The summed E-state index contributed by atoms with van der Waals surface area (Å²) in [5, 5.41) is 12.6. The zero-order valence-electron chi connectivity index (χ0n) is 14.0. The van der Waals surface area contributed by atoms with Gasteiger partial charge in [-0.05, 0) is 38.1 Å². The van der Waals surface area contributed by atoms with E-state index in [2.05, 4.69) is 26.3 Å². The number of amides is 1. The molecule has 7 heteroatoms. The third-order valence-electron chi connectivity index (χ3n) is 3.60. The summed E-state index contributed by atoms with van der Waals surface area (Å²) in [5.41, 5.74) is 8.34. The van der Waals surface area contributed by atoms with Crippen molar-refractivity contribution in [3.05, 3.63) is 47.9 Å². The van der Waals surface area contributed by atoms with Crippen molar-refractivity contribution >= 4 is 16.8 Å². The van der Waals surface area contributed by atoms with Crippen LogP contribution in [0.4, 0.5) is 0 Å². The van der Waals surface area contributed by atoms with Gasteiger partial charge >= 0.3 is 0 Å². The number of nitrogens with two attached hydrogens (primary N) is 1. The van der Waals surface area contributed by atoms with Crippen LogP contribution >= 0.6 is 0 Å². The predicted molar refractivity (Wildman–Crippen MR) is 94.6 cm³/mol. The van der Waals surface area contributed by atoms with E-state index in [0.717, 1.165) is 16.6 Å².